The molecule has 0 atom stereocenters. The van der Waals surface area contributed by atoms with Gasteiger partial charge >= 0.3 is 0 Å². The Bertz CT molecular complexity index is 621. The number of hydrogen-bond donors (Lipinski definition) is 2. The first-order chi connectivity index (χ1) is 9.47. The van der Waals surface area contributed by atoms with Crippen molar-refractivity contribution in [2.24, 2.45) is 5.73 Å². The Balaban J connectivity index is 2.17. The standard InChI is InChI=1S/C14H11BrF2N2S/c15-10-3-1-8(2-4-10)7-19-13-11(16)5-9(14(18)20)6-12(13)17/h1-6,19H,7H2,(H2,18,20). The fourth-order valence-electron chi connectivity index (χ4n) is 1.68. The van der Waals surface area contributed by atoms with Crippen LogP contribution in [0.4, 0.5) is 14.5 Å². The summed E-state index contributed by atoms with van der Waals surface area (Å²) in [5, 5.41) is 2.73. The van der Waals surface area contributed by atoms with E-state index in [9.17, 15) is 8.78 Å². The Morgan fingerprint density at radius 1 is 1.15 bits per heavy atom. The smallest absolute Gasteiger partial charge is 0.150 e. The first-order valence-electron chi connectivity index (χ1n) is 5.74. The monoisotopic (exact) mass is 356 g/mol. The minimum atomic E-state index is -0.718. The van der Waals surface area contributed by atoms with Crippen molar-refractivity contribution in [3.63, 3.8) is 0 Å². The topological polar surface area (TPSA) is 38.0 Å². The van der Waals surface area contributed by atoms with E-state index in [-0.39, 0.29) is 16.2 Å². The van der Waals surface area contributed by atoms with Gasteiger partial charge in [0.05, 0.1) is 0 Å². The van der Waals surface area contributed by atoms with E-state index in [0.717, 1.165) is 22.2 Å². The van der Waals surface area contributed by atoms with E-state index in [1.54, 1.807) is 0 Å². The largest absolute Gasteiger partial charge is 0.389 e. The molecule has 2 aromatic carbocycles. The molecule has 6 heteroatoms. The van der Waals surface area contributed by atoms with E-state index < -0.39 is 11.6 Å². The Morgan fingerprint density at radius 2 is 1.70 bits per heavy atom. The predicted molar refractivity (Wildman–Crippen MR) is 83.7 cm³/mol. The van der Waals surface area contributed by atoms with Gasteiger partial charge < -0.3 is 11.1 Å². The molecule has 0 aliphatic carbocycles. The van der Waals surface area contributed by atoms with Crippen LogP contribution in [0.25, 0.3) is 0 Å². The molecule has 0 spiro atoms. The van der Waals surface area contributed by atoms with Crippen molar-refractivity contribution < 1.29 is 8.78 Å². The third-order valence-electron chi connectivity index (χ3n) is 2.71. The number of thiocarbonyl (C=S) groups is 1. The van der Waals surface area contributed by atoms with Crippen molar-refractivity contribution in [2.75, 3.05) is 5.32 Å². The molecule has 2 rings (SSSR count). The van der Waals surface area contributed by atoms with Gasteiger partial charge in [0.1, 0.15) is 22.3 Å². The van der Waals surface area contributed by atoms with Gasteiger partial charge in [0.2, 0.25) is 0 Å². The zero-order valence-corrected chi connectivity index (χ0v) is 12.7. The fraction of sp³-hybridized carbons (Fsp3) is 0.0714. The van der Waals surface area contributed by atoms with Crippen LogP contribution in [0, 0.1) is 11.6 Å². The van der Waals surface area contributed by atoms with Crippen molar-refractivity contribution in [1.82, 2.24) is 0 Å². The van der Waals surface area contributed by atoms with Crippen LogP contribution in [0.15, 0.2) is 40.9 Å². The van der Waals surface area contributed by atoms with E-state index in [1.807, 2.05) is 24.3 Å². The van der Waals surface area contributed by atoms with Crippen LogP contribution in [0.1, 0.15) is 11.1 Å². The first kappa shape index (κ1) is 14.9. The summed E-state index contributed by atoms with van der Waals surface area (Å²) in [6, 6.07) is 9.68. The van der Waals surface area contributed by atoms with Gasteiger partial charge in [-0.05, 0) is 29.8 Å². The quantitative estimate of drug-likeness (QED) is 0.814. The van der Waals surface area contributed by atoms with Gasteiger partial charge in [-0.25, -0.2) is 8.78 Å². The van der Waals surface area contributed by atoms with Gasteiger partial charge in [-0.2, -0.15) is 0 Å². The Hall–Kier alpha value is -1.53. The molecule has 0 saturated heterocycles. The maximum absolute atomic E-state index is 13.8. The number of nitrogens with two attached hydrogens (primary N) is 1. The highest BCUT2D eigenvalue weighted by atomic mass is 79.9. The molecule has 104 valence electrons. The average molecular weight is 357 g/mol. The van der Waals surface area contributed by atoms with Crippen LogP contribution in [0.5, 0.6) is 0 Å². The summed E-state index contributed by atoms with van der Waals surface area (Å²) < 4.78 is 28.6. The van der Waals surface area contributed by atoms with Crippen LogP contribution in [-0.4, -0.2) is 4.99 Å². The summed E-state index contributed by atoms with van der Waals surface area (Å²) in [6.45, 7) is 0.313. The van der Waals surface area contributed by atoms with Gasteiger partial charge in [-0.15, -0.1) is 0 Å². The van der Waals surface area contributed by atoms with E-state index in [0.29, 0.717) is 6.54 Å². The number of rotatable bonds is 4. The van der Waals surface area contributed by atoms with Crippen molar-refractivity contribution >= 4 is 38.8 Å². The highest BCUT2D eigenvalue weighted by Gasteiger charge is 2.12. The molecule has 2 aromatic rings. The maximum atomic E-state index is 13.8. The molecular weight excluding hydrogens is 346 g/mol. The Labute approximate surface area is 129 Å². The van der Waals surface area contributed by atoms with Gasteiger partial charge in [0.25, 0.3) is 0 Å². The molecule has 20 heavy (non-hydrogen) atoms. The van der Waals surface area contributed by atoms with E-state index in [4.69, 9.17) is 18.0 Å². The van der Waals surface area contributed by atoms with Crippen molar-refractivity contribution in [2.45, 2.75) is 6.54 Å². The number of anilines is 1. The molecule has 0 fully saturated rings. The van der Waals surface area contributed by atoms with Gasteiger partial charge in [-0.3, -0.25) is 0 Å². The zero-order valence-electron chi connectivity index (χ0n) is 10.3. The van der Waals surface area contributed by atoms with Crippen molar-refractivity contribution in [1.29, 1.82) is 0 Å². The second-order valence-corrected chi connectivity index (χ2v) is 5.51. The summed E-state index contributed by atoms with van der Waals surface area (Å²) in [5.74, 6) is -1.44. The SMILES string of the molecule is NC(=S)c1cc(F)c(NCc2ccc(Br)cc2)c(F)c1. The fourth-order valence-corrected chi connectivity index (χ4v) is 2.06. The van der Waals surface area contributed by atoms with Crippen LogP contribution in [-0.2, 0) is 6.54 Å². The summed E-state index contributed by atoms with van der Waals surface area (Å²) in [5.41, 5.74) is 6.25. The van der Waals surface area contributed by atoms with Crippen LogP contribution >= 0.6 is 28.1 Å². The van der Waals surface area contributed by atoms with Crippen LogP contribution in [0.3, 0.4) is 0 Å². The molecule has 0 bridgehead atoms. The lowest BCUT2D eigenvalue weighted by molar-refractivity contribution is 0.587. The van der Waals surface area contributed by atoms with Gasteiger partial charge in [0, 0.05) is 16.6 Å². The Morgan fingerprint density at radius 3 is 2.20 bits per heavy atom. The lowest BCUT2D eigenvalue weighted by atomic mass is 10.1. The second-order valence-electron chi connectivity index (χ2n) is 4.16. The summed E-state index contributed by atoms with van der Waals surface area (Å²) >= 11 is 8.02. The van der Waals surface area contributed by atoms with E-state index in [2.05, 4.69) is 21.2 Å². The lowest BCUT2D eigenvalue weighted by Gasteiger charge is -2.10. The van der Waals surface area contributed by atoms with Crippen molar-refractivity contribution in [3.8, 4) is 0 Å². The molecule has 2 nitrogen and oxygen atoms in total. The van der Waals surface area contributed by atoms with E-state index >= 15 is 0 Å². The number of hydrogen-bond acceptors (Lipinski definition) is 2. The number of halogens is 3. The van der Waals surface area contributed by atoms with Crippen molar-refractivity contribution in [3.05, 3.63) is 63.6 Å². The number of nitrogens with one attached hydrogen (secondary N) is 1. The highest BCUT2D eigenvalue weighted by Crippen LogP contribution is 2.22. The zero-order chi connectivity index (χ0) is 14.7. The molecule has 0 unspecified atom stereocenters. The third kappa shape index (κ3) is 3.52. The lowest BCUT2D eigenvalue weighted by Crippen LogP contribution is -2.12. The molecule has 0 aliphatic rings. The first-order valence-corrected chi connectivity index (χ1v) is 6.94. The molecule has 0 amide bonds. The van der Waals surface area contributed by atoms with Crippen LogP contribution < -0.4 is 11.1 Å². The Kier molecular flexibility index (Phi) is 4.67. The van der Waals surface area contributed by atoms with Gasteiger partial charge in [-0.1, -0.05) is 40.3 Å². The molecular formula is C14H11BrF2N2S. The minimum absolute atomic E-state index is 0.0396. The molecule has 0 saturated carbocycles. The summed E-state index contributed by atoms with van der Waals surface area (Å²) in [7, 11) is 0. The highest BCUT2D eigenvalue weighted by molar-refractivity contribution is 9.10. The summed E-state index contributed by atoms with van der Waals surface area (Å²) in [6.07, 6.45) is 0. The minimum Gasteiger partial charge on any atom is -0.389 e. The third-order valence-corrected chi connectivity index (χ3v) is 3.47. The summed E-state index contributed by atoms with van der Waals surface area (Å²) in [4.78, 5) is -0.0396. The molecule has 0 heterocycles. The molecule has 0 radical (unpaired) electrons. The number of benzene rings is 2. The second kappa shape index (κ2) is 6.28. The normalized spacial score (nSPS) is 10.3. The van der Waals surface area contributed by atoms with E-state index in [1.165, 1.54) is 0 Å². The van der Waals surface area contributed by atoms with Crippen LogP contribution in [0.2, 0.25) is 0 Å². The average Bonchev–Trinajstić information content (AvgIpc) is 2.39. The predicted octanol–water partition coefficient (Wildman–Crippen LogP) is 3.97. The molecule has 3 N–H and O–H groups in total. The maximum Gasteiger partial charge on any atom is 0.150 e. The molecule has 0 aromatic heterocycles. The van der Waals surface area contributed by atoms with Gasteiger partial charge in [0.15, 0.2) is 0 Å². The molecule has 0 aliphatic heterocycles.